The fraction of sp³-hybridized carbons (Fsp3) is 0.500. The molecule has 0 aliphatic heterocycles. The number of hydrogen-bond acceptors (Lipinski definition) is 4. The molecule has 4 nitrogen and oxygen atoms in total. The SMILES string of the molecule is COC(=O)C(C)(O)CNCC1Cc2ccccc21. The van der Waals surface area contributed by atoms with E-state index >= 15 is 0 Å². The summed E-state index contributed by atoms with van der Waals surface area (Å²) < 4.78 is 4.54. The number of carbonyl (C=O) groups is 1. The third-order valence-corrected chi connectivity index (χ3v) is 3.45. The van der Waals surface area contributed by atoms with Crippen LogP contribution in [-0.4, -0.2) is 36.9 Å². The molecule has 18 heavy (non-hydrogen) atoms. The van der Waals surface area contributed by atoms with Crippen molar-refractivity contribution in [3.8, 4) is 0 Å². The monoisotopic (exact) mass is 249 g/mol. The van der Waals surface area contributed by atoms with Gasteiger partial charge in [0.25, 0.3) is 0 Å². The molecule has 1 aromatic carbocycles. The van der Waals surface area contributed by atoms with Gasteiger partial charge in [-0.05, 0) is 24.5 Å². The molecule has 0 saturated carbocycles. The van der Waals surface area contributed by atoms with E-state index in [0.717, 1.165) is 13.0 Å². The average molecular weight is 249 g/mol. The molecule has 1 aromatic rings. The maximum atomic E-state index is 11.3. The van der Waals surface area contributed by atoms with Gasteiger partial charge in [-0.15, -0.1) is 0 Å². The molecule has 0 radical (unpaired) electrons. The van der Waals surface area contributed by atoms with Crippen LogP contribution in [0.2, 0.25) is 0 Å². The number of hydrogen-bond donors (Lipinski definition) is 2. The summed E-state index contributed by atoms with van der Waals surface area (Å²) in [6.07, 6.45) is 1.06. The normalized spacial score (nSPS) is 20.5. The van der Waals surface area contributed by atoms with Crippen LogP contribution in [0.15, 0.2) is 24.3 Å². The summed E-state index contributed by atoms with van der Waals surface area (Å²) in [5, 5.41) is 13.0. The number of carbonyl (C=O) groups excluding carboxylic acids is 1. The van der Waals surface area contributed by atoms with E-state index in [0.29, 0.717) is 5.92 Å². The van der Waals surface area contributed by atoms with E-state index in [-0.39, 0.29) is 6.54 Å². The van der Waals surface area contributed by atoms with E-state index in [4.69, 9.17) is 0 Å². The Morgan fingerprint density at radius 2 is 2.28 bits per heavy atom. The zero-order valence-corrected chi connectivity index (χ0v) is 10.8. The number of nitrogens with one attached hydrogen (secondary N) is 1. The van der Waals surface area contributed by atoms with Crippen LogP contribution in [0.5, 0.6) is 0 Å². The van der Waals surface area contributed by atoms with Gasteiger partial charge in [0.05, 0.1) is 7.11 Å². The van der Waals surface area contributed by atoms with Gasteiger partial charge < -0.3 is 15.2 Å². The van der Waals surface area contributed by atoms with Crippen LogP contribution in [0.3, 0.4) is 0 Å². The summed E-state index contributed by atoms with van der Waals surface area (Å²) in [6.45, 7) is 2.43. The molecule has 2 unspecified atom stereocenters. The third kappa shape index (κ3) is 2.54. The number of benzene rings is 1. The topological polar surface area (TPSA) is 58.6 Å². The number of ether oxygens (including phenoxy) is 1. The van der Waals surface area contributed by atoms with Crippen molar-refractivity contribution in [3.63, 3.8) is 0 Å². The standard InChI is InChI=1S/C14H19NO3/c1-14(17,13(16)18-2)9-15-8-11-7-10-5-3-4-6-12(10)11/h3-6,11,15,17H,7-9H2,1-2H3. The molecule has 4 heteroatoms. The Morgan fingerprint density at radius 1 is 1.56 bits per heavy atom. The van der Waals surface area contributed by atoms with Crippen LogP contribution in [0.4, 0.5) is 0 Å². The quantitative estimate of drug-likeness (QED) is 0.759. The van der Waals surface area contributed by atoms with Crippen LogP contribution in [0, 0.1) is 0 Å². The second-order valence-electron chi connectivity index (χ2n) is 5.00. The highest BCUT2D eigenvalue weighted by atomic mass is 16.5. The first-order valence-electron chi connectivity index (χ1n) is 6.14. The lowest BCUT2D eigenvalue weighted by molar-refractivity contribution is -0.159. The molecule has 1 aliphatic carbocycles. The van der Waals surface area contributed by atoms with Gasteiger partial charge in [-0.3, -0.25) is 0 Å². The first-order valence-corrected chi connectivity index (χ1v) is 6.14. The van der Waals surface area contributed by atoms with Gasteiger partial charge in [0.15, 0.2) is 5.60 Å². The summed E-state index contributed by atoms with van der Waals surface area (Å²) in [7, 11) is 1.28. The number of aliphatic hydroxyl groups is 1. The largest absolute Gasteiger partial charge is 0.467 e. The zero-order chi connectivity index (χ0) is 13.2. The predicted octanol–water partition coefficient (Wildman–Crippen LogP) is 0.840. The van der Waals surface area contributed by atoms with Crippen molar-refractivity contribution >= 4 is 5.97 Å². The molecular formula is C14H19NO3. The van der Waals surface area contributed by atoms with E-state index in [9.17, 15) is 9.90 Å². The van der Waals surface area contributed by atoms with E-state index < -0.39 is 11.6 Å². The number of esters is 1. The van der Waals surface area contributed by atoms with Crippen molar-refractivity contribution in [2.45, 2.75) is 24.9 Å². The first kappa shape index (κ1) is 13.1. The van der Waals surface area contributed by atoms with Crippen LogP contribution in [-0.2, 0) is 16.0 Å². The van der Waals surface area contributed by atoms with E-state index in [2.05, 4.69) is 22.2 Å². The molecule has 2 atom stereocenters. The van der Waals surface area contributed by atoms with Gasteiger partial charge in [0, 0.05) is 19.0 Å². The summed E-state index contributed by atoms with van der Waals surface area (Å²) in [5.41, 5.74) is 1.30. The highest BCUT2D eigenvalue weighted by molar-refractivity contribution is 5.78. The van der Waals surface area contributed by atoms with Crippen molar-refractivity contribution in [1.29, 1.82) is 0 Å². The fourth-order valence-corrected chi connectivity index (χ4v) is 2.33. The predicted molar refractivity (Wildman–Crippen MR) is 68.4 cm³/mol. The molecule has 0 saturated heterocycles. The lowest BCUT2D eigenvalue weighted by atomic mass is 9.77. The zero-order valence-electron chi connectivity index (χ0n) is 10.8. The second kappa shape index (κ2) is 5.08. The molecule has 0 amide bonds. The molecule has 0 aromatic heterocycles. The summed E-state index contributed by atoms with van der Waals surface area (Å²) >= 11 is 0. The van der Waals surface area contributed by atoms with Gasteiger partial charge in [-0.1, -0.05) is 24.3 Å². The maximum Gasteiger partial charge on any atom is 0.338 e. The lowest BCUT2D eigenvalue weighted by Crippen LogP contribution is -2.47. The molecular weight excluding hydrogens is 230 g/mol. The van der Waals surface area contributed by atoms with Crippen molar-refractivity contribution in [3.05, 3.63) is 35.4 Å². The molecule has 0 heterocycles. The van der Waals surface area contributed by atoms with Crippen molar-refractivity contribution in [1.82, 2.24) is 5.32 Å². The molecule has 98 valence electrons. The van der Waals surface area contributed by atoms with E-state index in [1.165, 1.54) is 25.2 Å². The summed E-state index contributed by atoms with van der Waals surface area (Å²) in [4.78, 5) is 11.3. The van der Waals surface area contributed by atoms with Gasteiger partial charge in [0.2, 0.25) is 0 Å². The minimum atomic E-state index is -1.46. The van der Waals surface area contributed by atoms with Crippen LogP contribution >= 0.6 is 0 Å². The number of rotatable bonds is 5. The molecule has 1 aliphatic rings. The lowest BCUT2D eigenvalue weighted by Gasteiger charge is -2.31. The van der Waals surface area contributed by atoms with Gasteiger partial charge in [-0.2, -0.15) is 0 Å². The Hall–Kier alpha value is -1.39. The van der Waals surface area contributed by atoms with Gasteiger partial charge in [0.1, 0.15) is 0 Å². The maximum absolute atomic E-state index is 11.3. The van der Waals surface area contributed by atoms with Crippen LogP contribution < -0.4 is 5.32 Å². The third-order valence-electron chi connectivity index (χ3n) is 3.45. The Balaban J connectivity index is 1.80. The van der Waals surface area contributed by atoms with Crippen LogP contribution in [0.1, 0.15) is 24.0 Å². The number of methoxy groups -OCH3 is 1. The van der Waals surface area contributed by atoms with E-state index in [1.807, 2.05) is 12.1 Å². The first-order chi connectivity index (χ1) is 8.54. The number of fused-ring (bicyclic) bond motifs is 1. The summed E-state index contributed by atoms with van der Waals surface area (Å²) in [6, 6.07) is 8.35. The Labute approximate surface area is 107 Å². The smallest absolute Gasteiger partial charge is 0.338 e. The minimum absolute atomic E-state index is 0.207. The molecule has 2 rings (SSSR count). The van der Waals surface area contributed by atoms with Gasteiger partial charge >= 0.3 is 5.97 Å². The summed E-state index contributed by atoms with van der Waals surface area (Å²) in [5.74, 6) is -0.126. The Morgan fingerprint density at radius 3 is 2.94 bits per heavy atom. The molecule has 0 spiro atoms. The van der Waals surface area contributed by atoms with Crippen LogP contribution in [0.25, 0.3) is 0 Å². The van der Waals surface area contributed by atoms with Crippen molar-refractivity contribution < 1.29 is 14.6 Å². The van der Waals surface area contributed by atoms with Crippen molar-refractivity contribution in [2.75, 3.05) is 20.2 Å². The average Bonchev–Trinajstić information content (AvgIpc) is 2.33. The van der Waals surface area contributed by atoms with Gasteiger partial charge in [-0.25, -0.2) is 4.79 Å². The van der Waals surface area contributed by atoms with Crippen molar-refractivity contribution in [2.24, 2.45) is 0 Å². The van der Waals surface area contributed by atoms with E-state index in [1.54, 1.807) is 0 Å². The fourth-order valence-electron chi connectivity index (χ4n) is 2.33. The molecule has 2 N–H and O–H groups in total. The molecule has 0 fully saturated rings. The highest BCUT2D eigenvalue weighted by Crippen LogP contribution is 2.33. The molecule has 0 bridgehead atoms. The highest BCUT2D eigenvalue weighted by Gasteiger charge is 2.32. The second-order valence-corrected chi connectivity index (χ2v) is 5.00. The minimum Gasteiger partial charge on any atom is -0.467 e. The Kier molecular flexibility index (Phi) is 3.68. The Bertz CT molecular complexity index is 442.